The molecule has 0 aromatic heterocycles. The number of methoxy groups -OCH3 is 1. The quantitative estimate of drug-likeness (QED) is 0.666. The Morgan fingerprint density at radius 2 is 1.93 bits per heavy atom. The molecule has 2 aromatic carbocycles. The zero-order chi connectivity index (χ0) is 19.2. The van der Waals surface area contributed by atoms with Gasteiger partial charge in [-0.05, 0) is 68.0 Å². The molecule has 3 rings (SSSR count). The fraction of sp³-hybridized carbons (Fsp3) is 0.478. The van der Waals surface area contributed by atoms with Crippen LogP contribution in [0.1, 0.15) is 53.7 Å². The molecule has 1 saturated heterocycles. The lowest BCUT2D eigenvalue weighted by atomic mass is 9.95. The first-order valence-corrected chi connectivity index (χ1v) is 10.7. The molecule has 0 amide bonds. The minimum atomic E-state index is 0.346. The first-order chi connectivity index (χ1) is 13.1. The number of rotatable bonds is 7. The molecule has 2 aromatic rings. The summed E-state index contributed by atoms with van der Waals surface area (Å²) in [6, 6.07) is 12.5. The number of aryl methyl sites for hydroxylation is 1. The highest BCUT2D eigenvalue weighted by Gasteiger charge is 2.26. The Hall–Kier alpha value is -1.65. The minimum Gasteiger partial charge on any atom is -0.508 e. The first kappa shape index (κ1) is 20.1. The van der Waals surface area contributed by atoms with E-state index in [2.05, 4.69) is 25.1 Å². The summed E-state index contributed by atoms with van der Waals surface area (Å²) in [6.45, 7) is 5.54. The van der Waals surface area contributed by atoms with Crippen molar-refractivity contribution in [3.63, 3.8) is 0 Å². The zero-order valence-electron chi connectivity index (χ0n) is 16.5. The van der Waals surface area contributed by atoms with E-state index in [4.69, 9.17) is 9.47 Å². The van der Waals surface area contributed by atoms with Crippen LogP contribution < -0.4 is 4.74 Å². The van der Waals surface area contributed by atoms with E-state index < -0.39 is 0 Å². The van der Waals surface area contributed by atoms with Crippen molar-refractivity contribution in [2.45, 2.75) is 50.0 Å². The molecule has 0 aliphatic carbocycles. The normalized spacial score (nSPS) is 19.8. The maximum absolute atomic E-state index is 10.6. The summed E-state index contributed by atoms with van der Waals surface area (Å²) in [4.78, 5) is 0. The van der Waals surface area contributed by atoms with Crippen LogP contribution in [0.25, 0.3) is 0 Å². The smallest absolute Gasteiger partial charge is 0.120 e. The molecule has 1 N–H and O–H groups in total. The second kappa shape index (κ2) is 9.52. The molecule has 27 heavy (non-hydrogen) atoms. The fourth-order valence-corrected chi connectivity index (χ4v) is 5.35. The van der Waals surface area contributed by atoms with Crippen molar-refractivity contribution in [2.75, 3.05) is 20.3 Å². The fourth-order valence-electron chi connectivity index (χ4n) is 3.73. The van der Waals surface area contributed by atoms with Crippen molar-refractivity contribution in [1.82, 2.24) is 0 Å². The molecule has 1 heterocycles. The Morgan fingerprint density at radius 3 is 2.63 bits per heavy atom. The monoisotopic (exact) mass is 386 g/mol. The number of ether oxygens (including phenoxy) is 2. The molecule has 1 aliphatic heterocycles. The molecule has 2 atom stereocenters. The molecule has 0 spiro atoms. The van der Waals surface area contributed by atoms with Crippen molar-refractivity contribution in [1.29, 1.82) is 0 Å². The Morgan fingerprint density at radius 1 is 1.15 bits per heavy atom. The van der Waals surface area contributed by atoms with E-state index >= 15 is 0 Å². The van der Waals surface area contributed by atoms with E-state index in [1.54, 1.807) is 7.11 Å². The summed E-state index contributed by atoms with van der Waals surface area (Å²) in [5.41, 5.74) is 4.75. The maximum Gasteiger partial charge on any atom is 0.120 e. The maximum atomic E-state index is 10.6. The summed E-state index contributed by atoms with van der Waals surface area (Å²) in [6.07, 6.45) is 4.36. The van der Waals surface area contributed by atoms with Crippen LogP contribution in [0, 0.1) is 6.92 Å². The van der Waals surface area contributed by atoms with Crippen LogP contribution in [0.15, 0.2) is 36.4 Å². The van der Waals surface area contributed by atoms with Crippen molar-refractivity contribution in [3.05, 3.63) is 58.7 Å². The third kappa shape index (κ3) is 5.20. The second-order valence-corrected chi connectivity index (χ2v) is 8.73. The van der Waals surface area contributed by atoms with Gasteiger partial charge in [-0.2, -0.15) is 0 Å². The van der Waals surface area contributed by atoms with Gasteiger partial charge in [-0.25, -0.2) is 0 Å². The lowest BCUT2D eigenvalue weighted by molar-refractivity contribution is 0.194. The lowest BCUT2D eigenvalue weighted by Crippen LogP contribution is -2.17. The predicted octanol–water partition coefficient (Wildman–Crippen LogP) is 5.66. The zero-order valence-corrected chi connectivity index (χ0v) is 17.3. The summed E-state index contributed by atoms with van der Waals surface area (Å²) in [5.74, 6) is 1.34. The Kier molecular flexibility index (Phi) is 7.08. The predicted molar refractivity (Wildman–Crippen MR) is 113 cm³/mol. The van der Waals surface area contributed by atoms with Crippen LogP contribution in [0.5, 0.6) is 11.5 Å². The minimum absolute atomic E-state index is 0.346. The Bertz CT molecular complexity index is 740. The molecule has 0 bridgehead atoms. The molecule has 0 radical (unpaired) electrons. The molecule has 4 heteroatoms. The van der Waals surface area contributed by atoms with Crippen LogP contribution in [0.3, 0.4) is 0 Å². The second-order valence-electron chi connectivity index (χ2n) is 7.22. The van der Waals surface area contributed by atoms with E-state index in [0.29, 0.717) is 22.9 Å². The third-order valence-corrected chi connectivity index (χ3v) is 6.74. The first-order valence-electron chi connectivity index (χ1n) is 9.79. The summed E-state index contributed by atoms with van der Waals surface area (Å²) in [7, 11) is 1.77. The van der Waals surface area contributed by atoms with Crippen LogP contribution in [-0.2, 0) is 11.2 Å². The number of thioether (sulfide) groups is 1. The number of aromatic hydroxyl groups is 1. The number of hydrogen-bond donors (Lipinski definition) is 1. The molecular weight excluding hydrogens is 356 g/mol. The summed E-state index contributed by atoms with van der Waals surface area (Å²) in [5, 5.41) is 11.4. The summed E-state index contributed by atoms with van der Waals surface area (Å²) >= 11 is 1.95. The van der Waals surface area contributed by atoms with E-state index in [9.17, 15) is 5.11 Å². The number of benzene rings is 2. The SMILES string of the molecule is CCOc1ccc(Cc2cc(C3CCCC(COC)S3)c(O)cc2C)cc1. The molecule has 146 valence electrons. The highest BCUT2D eigenvalue weighted by atomic mass is 32.2. The molecule has 1 aliphatic rings. The average Bonchev–Trinajstić information content (AvgIpc) is 2.66. The van der Waals surface area contributed by atoms with Gasteiger partial charge < -0.3 is 14.6 Å². The van der Waals surface area contributed by atoms with Crippen LogP contribution in [0.4, 0.5) is 0 Å². The molecule has 2 unspecified atom stereocenters. The largest absolute Gasteiger partial charge is 0.508 e. The highest BCUT2D eigenvalue weighted by Crippen LogP contribution is 2.46. The van der Waals surface area contributed by atoms with E-state index in [1.165, 1.54) is 24.0 Å². The van der Waals surface area contributed by atoms with E-state index in [-0.39, 0.29) is 0 Å². The standard InChI is InChI=1S/C23H30O3S/c1-4-26-19-10-8-17(9-11-19)13-18-14-21(22(24)12-16(18)2)23-7-5-6-20(27-23)15-25-3/h8-12,14,20,23-24H,4-7,13,15H2,1-3H3. The van der Waals surface area contributed by atoms with Gasteiger partial charge in [0, 0.05) is 23.2 Å². The van der Waals surface area contributed by atoms with Gasteiger partial charge in [-0.1, -0.05) is 24.6 Å². The van der Waals surface area contributed by atoms with E-state index in [1.807, 2.05) is 36.9 Å². The van der Waals surface area contributed by atoms with Crippen LogP contribution in [-0.4, -0.2) is 30.7 Å². The van der Waals surface area contributed by atoms with Crippen molar-refractivity contribution in [2.24, 2.45) is 0 Å². The molecule has 1 fully saturated rings. The Balaban J connectivity index is 1.79. The van der Waals surface area contributed by atoms with Gasteiger partial charge in [0.15, 0.2) is 0 Å². The van der Waals surface area contributed by atoms with Gasteiger partial charge in [0.2, 0.25) is 0 Å². The van der Waals surface area contributed by atoms with Gasteiger partial charge in [0.1, 0.15) is 11.5 Å². The molecular formula is C23H30O3S. The van der Waals surface area contributed by atoms with Gasteiger partial charge in [-0.15, -0.1) is 11.8 Å². The third-order valence-electron chi connectivity index (χ3n) is 5.16. The summed E-state index contributed by atoms with van der Waals surface area (Å²) < 4.78 is 10.9. The van der Waals surface area contributed by atoms with Crippen molar-refractivity contribution in [3.8, 4) is 11.5 Å². The van der Waals surface area contributed by atoms with Gasteiger partial charge >= 0.3 is 0 Å². The molecule has 3 nitrogen and oxygen atoms in total. The van der Waals surface area contributed by atoms with Crippen molar-refractivity contribution < 1.29 is 14.6 Å². The number of hydrogen-bond acceptors (Lipinski definition) is 4. The Labute approximate surface area is 167 Å². The van der Waals surface area contributed by atoms with Crippen LogP contribution in [0.2, 0.25) is 0 Å². The highest BCUT2D eigenvalue weighted by molar-refractivity contribution is 8.00. The van der Waals surface area contributed by atoms with Gasteiger partial charge in [-0.3, -0.25) is 0 Å². The van der Waals surface area contributed by atoms with Crippen LogP contribution >= 0.6 is 11.8 Å². The van der Waals surface area contributed by atoms with Crippen molar-refractivity contribution >= 4 is 11.8 Å². The van der Waals surface area contributed by atoms with E-state index in [0.717, 1.165) is 36.3 Å². The average molecular weight is 387 g/mol. The lowest BCUT2D eigenvalue weighted by Gasteiger charge is -2.29. The van der Waals surface area contributed by atoms with Gasteiger partial charge in [0.25, 0.3) is 0 Å². The van der Waals surface area contributed by atoms with Gasteiger partial charge in [0.05, 0.1) is 13.2 Å². The topological polar surface area (TPSA) is 38.7 Å². The molecule has 0 saturated carbocycles. The number of phenols is 1. The number of phenolic OH excluding ortho intramolecular Hbond substituents is 1.